The SMILES string of the molecule is CCS(=O)(=O)c1ccc(-c2ccc(S(=O)(=O)CC)c(-c3nc4cc(S(=O)(=O)C(F)(F)F)ccc4o3)n2)nc1C(=O)Nc1cc(S(=O)(=O)C(F)(F)F)ccc1OS(=O)(=O)c1ccc(C)cc1. The lowest BCUT2D eigenvalue weighted by Crippen LogP contribution is -2.24. The summed E-state index contributed by atoms with van der Waals surface area (Å²) >= 11 is 0. The molecule has 3 heterocycles. The molecule has 6 rings (SSSR count). The molecule has 1 N–H and O–H groups in total. The van der Waals surface area contributed by atoms with E-state index in [0.717, 1.165) is 42.5 Å². The molecule has 0 aliphatic carbocycles. The number of alkyl halides is 6. The molecular formula is C37H28F6N4O13S5. The fourth-order valence-corrected chi connectivity index (χ4v) is 10.2. The van der Waals surface area contributed by atoms with Gasteiger partial charge in [-0.2, -0.15) is 34.8 Å². The Morgan fingerprint density at radius 2 is 1.14 bits per heavy atom. The molecule has 0 atom stereocenters. The lowest BCUT2D eigenvalue weighted by atomic mass is 10.2. The number of nitrogens with one attached hydrogen (secondary N) is 1. The van der Waals surface area contributed by atoms with Crippen molar-refractivity contribution in [2.75, 3.05) is 16.8 Å². The van der Waals surface area contributed by atoms with E-state index in [-0.39, 0.29) is 17.3 Å². The predicted octanol–water partition coefficient (Wildman–Crippen LogP) is 6.45. The van der Waals surface area contributed by atoms with Crippen LogP contribution in [0.5, 0.6) is 5.75 Å². The van der Waals surface area contributed by atoms with Crippen molar-refractivity contribution >= 4 is 72.2 Å². The molecule has 3 aromatic heterocycles. The van der Waals surface area contributed by atoms with Gasteiger partial charge < -0.3 is 13.9 Å². The maximum Gasteiger partial charge on any atom is 0.501 e. The van der Waals surface area contributed by atoms with Crippen LogP contribution in [-0.2, 0) is 49.5 Å². The Kier molecular flexibility index (Phi) is 12.5. The summed E-state index contributed by atoms with van der Waals surface area (Å²) in [5.41, 5.74) is -15.2. The van der Waals surface area contributed by atoms with Crippen molar-refractivity contribution in [2.24, 2.45) is 0 Å². The second kappa shape index (κ2) is 16.8. The summed E-state index contributed by atoms with van der Waals surface area (Å²) in [6.07, 6.45) is 0. The van der Waals surface area contributed by atoms with Gasteiger partial charge in [0.2, 0.25) is 5.89 Å². The van der Waals surface area contributed by atoms with Gasteiger partial charge in [0.15, 0.2) is 31.0 Å². The maximum absolute atomic E-state index is 14.1. The highest BCUT2D eigenvalue weighted by atomic mass is 32.2. The van der Waals surface area contributed by atoms with Crippen LogP contribution in [0.3, 0.4) is 0 Å². The number of anilines is 1. The molecule has 0 bridgehead atoms. The Morgan fingerprint density at radius 1 is 0.631 bits per heavy atom. The van der Waals surface area contributed by atoms with Crippen molar-refractivity contribution < 1.29 is 81.8 Å². The summed E-state index contributed by atoms with van der Waals surface area (Å²) in [5, 5.41) is 1.98. The molecule has 0 spiro atoms. The van der Waals surface area contributed by atoms with E-state index in [2.05, 4.69) is 15.0 Å². The van der Waals surface area contributed by atoms with Gasteiger partial charge in [-0.25, -0.2) is 48.6 Å². The van der Waals surface area contributed by atoms with E-state index in [1.54, 1.807) is 6.92 Å². The van der Waals surface area contributed by atoms with Gasteiger partial charge in [0.05, 0.1) is 48.2 Å². The molecule has 0 aliphatic rings. The largest absolute Gasteiger partial charge is 0.501 e. The molecule has 0 radical (unpaired) electrons. The van der Waals surface area contributed by atoms with Crippen LogP contribution in [-0.4, -0.2) is 85.5 Å². The molecule has 0 fully saturated rings. The van der Waals surface area contributed by atoms with Gasteiger partial charge in [-0.15, -0.1) is 0 Å². The average Bonchev–Trinajstić information content (AvgIpc) is 3.67. The number of aromatic nitrogens is 3. The van der Waals surface area contributed by atoms with Crippen LogP contribution in [0.15, 0.2) is 114 Å². The number of pyridine rings is 2. The molecule has 0 unspecified atom stereocenters. The zero-order chi connectivity index (χ0) is 48.3. The smallest absolute Gasteiger partial charge is 0.435 e. The monoisotopic (exact) mass is 1010 g/mol. The van der Waals surface area contributed by atoms with E-state index in [1.807, 2.05) is 5.32 Å². The number of rotatable bonds is 13. The lowest BCUT2D eigenvalue weighted by molar-refractivity contribution is -0.0442. The first-order valence-electron chi connectivity index (χ1n) is 17.9. The number of carbonyl (C=O) groups excluding carboxylic acids is 1. The zero-order valence-electron chi connectivity index (χ0n) is 33.0. The van der Waals surface area contributed by atoms with Gasteiger partial charge in [-0.3, -0.25) is 4.79 Å². The fraction of sp³-hybridized carbons (Fsp3) is 0.189. The van der Waals surface area contributed by atoms with Crippen molar-refractivity contribution in [1.82, 2.24) is 15.0 Å². The van der Waals surface area contributed by atoms with E-state index in [4.69, 9.17) is 8.60 Å². The van der Waals surface area contributed by atoms with Crippen molar-refractivity contribution in [3.63, 3.8) is 0 Å². The van der Waals surface area contributed by atoms with Gasteiger partial charge in [-0.1, -0.05) is 31.5 Å². The number of amides is 1. The number of aryl methyl sites for hydroxylation is 1. The van der Waals surface area contributed by atoms with Gasteiger partial charge in [-0.05, 0) is 79.7 Å². The van der Waals surface area contributed by atoms with Crippen LogP contribution < -0.4 is 9.50 Å². The second-order valence-corrected chi connectivity index (χ2v) is 23.3. The van der Waals surface area contributed by atoms with Crippen LogP contribution in [0, 0.1) is 6.92 Å². The van der Waals surface area contributed by atoms with Gasteiger partial charge in [0.1, 0.15) is 21.8 Å². The number of nitrogens with zero attached hydrogens (tertiary/aromatic N) is 3. The Morgan fingerprint density at radius 3 is 1.71 bits per heavy atom. The third kappa shape index (κ3) is 9.42. The molecule has 0 saturated carbocycles. The van der Waals surface area contributed by atoms with E-state index in [9.17, 15) is 73.2 Å². The third-order valence-corrected chi connectivity index (χ3v) is 16.9. The number of benzene rings is 3. The maximum atomic E-state index is 14.1. The van der Waals surface area contributed by atoms with Crippen molar-refractivity contribution in [3.05, 3.63) is 96.2 Å². The molecule has 346 valence electrons. The van der Waals surface area contributed by atoms with Crippen molar-refractivity contribution in [1.29, 1.82) is 0 Å². The number of carbonyl (C=O) groups is 1. The highest BCUT2D eigenvalue weighted by Gasteiger charge is 2.48. The van der Waals surface area contributed by atoms with Crippen molar-refractivity contribution in [2.45, 2.75) is 56.3 Å². The Bertz CT molecular complexity index is 3490. The van der Waals surface area contributed by atoms with E-state index < -0.39 is 142 Å². The summed E-state index contributed by atoms with van der Waals surface area (Å²) in [6, 6.07) is 11.8. The van der Waals surface area contributed by atoms with E-state index in [0.29, 0.717) is 29.8 Å². The van der Waals surface area contributed by atoms with Crippen LogP contribution in [0.2, 0.25) is 0 Å². The van der Waals surface area contributed by atoms with Crippen LogP contribution >= 0.6 is 0 Å². The number of halogens is 6. The number of sulfone groups is 4. The molecule has 65 heavy (non-hydrogen) atoms. The summed E-state index contributed by atoms with van der Waals surface area (Å²) in [5.74, 6) is -4.42. The molecule has 3 aromatic carbocycles. The zero-order valence-corrected chi connectivity index (χ0v) is 37.0. The fourth-order valence-electron chi connectivity index (χ4n) is 5.65. The first-order chi connectivity index (χ1) is 29.9. The van der Waals surface area contributed by atoms with Gasteiger partial charge in [0.25, 0.3) is 25.6 Å². The minimum Gasteiger partial charge on any atom is -0.435 e. The molecule has 17 nitrogen and oxygen atoms in total. The summed E-state index contributed by atoms with van der Waals surface area (Å²) < 4.78 is 220. The van der Waals surface area contributed by atoms with Gasteiger partial charge >= 0.3 is 21.1 Å². The molecular weight excluding hydrogens is 983 g/mol. The summed E-state index contributed by atoms with van der Waals surface area (Å²) in [6.45, 7) is 4.04. The summed E-state index contributed by atoms with van der Waals surface area (Å²) in [4.78, 5) is 21.8. The average molecular weight is 1010 g/mol. The highest BCUT2D eigenvalue weighted by Crippen LogP contribution is 2.38. The molecule has 6 aromatic rings. The van der Waals surface area contributed by atoms with E-state index in [1.165, 1.54) is 26.0 Å². The summed E-state index contributed by atoms with van der Waals surface area (Å²) in [7, 11) is -25.6. The van der Waals surface area contributed by atoms with Crippen LogP contribution in [0.4, 0.5) is 32.0 Å². The molecule has 28 heteroatoms. The highest BCUT2D eigenvalue weighted by molar-refractivity contribution is 7.93. The minimum atomic E-state index is -6.17. The standard InChI is InChI=1S/C37H28F6N4O13S5/c1-4-61(49,50)30-16-12-24(25-13-17-31(62(51,52)5-2)33(45-25)35-47-26-18-22(10-14-28(26)59-35)63(53,54)36(38,39)40)44-32(30)34(48)46-27-19-23(64(55,56)37(41,42)43)11-15-29(27)60-65(57,58)21-8-6-20(3)7-9-21/h6-19H,4-5H2,1-3H3,(H,46,48). The number of oxazole rings is 1. The minimum absolute atomic E-state index is 0.209. The topological polar surface area (TPSA) is 261 Å². The first-order valence-corrected chi connectivity index (χ1v) is 25.6. The van der Waals surface area contributed by atoms with E-state index >= 15 is 0 Å². The number of fused-ring (bicyclic) bond motifs is 1. The second-order valence-electron chi connectivity index (χ2n) is 13.4. The first kappa shape index (κ1) is 48.5. The Hall–Kier alpha value is -5.97. The van der Waals surface area contributed by atoms with Crippen LogP contribution in [0.1, 0.15) is 29.9 Å². The van der Waals surface area contributed by atoms with Crippen LogP contribution in [0.25, 0.3) is 34.1 Å². The Labute approximate surface area is 365 Å². The van der Waals surface area contributed by atoms with Crippen molar-refractivity contribution in [3.8, 4) is 28.7 Å². The normalized spacial score (nSPS) is 13.2. The number of hydrogen-bond acceptors (Lipinski definition) is 16. The molecule has 0 aliphatic heterocycles. The number of hydrogen-bond donors (Lipinski definition) is 1. The quantitative estimate of drug-likeness (QED) is 0.0962. The molecule has 1 amide bonds. The lowest BCUT2D eigenvalue weighted by Gasteiger charge is -2.16. The molecule has 0 saturated heterocycles. The van der Waals surface area contributed by atoms with Gasteiger partial charge in [0, 0.05) is 0 Å². The predicted molar refractivity (Wildman–Crippen MR) is 216 cm³/mol. The third-order valence-electron chi connectivity index (χ3n) is 9.12. The Balaban J connectivity index is 1.51.